The van der Waals surface area contributed by atoms with Crippen LogP contribution >= 0.6 is 36.7 Å². The van der Waals surface area contributed by atoms with E-state index in [1.54, 1.807) is 0 Å². The van der Waals surface area contributed by atoms with E-state index in [1.807, 2.05) is 0 Å². The van der Waals surface area contributed by atoms with Gasteiger partial charge in [-0.2, -0.15) is 0 Å². The van der Waals surface area contributed by atoms with Crippen LogP contribution in [0.3, 0.4) is 0 Å². The van der Waals surface area contributed by atoms with Gasteiger partial charge < -0.3 is 89.2 Å². The maximum absolute atomic E-state index is 4.98. The summed E-state index contributed by atoms with van der Waals surface area (Å²) >= 11 is 29.9. The van der Waals surface area contributed by atoms with Crippen molar-refractivity contribution < 1.29 is 0 Å². The number of thiocarbonyl (C=S) groups is 3. The van der Waals surface area contributed by atoms with Gasteiger partial charge in [0.05, 0.1) is 0 Å². The van der Waals surface area contributed by atoms with E-state index in [0.717, 1.165) is 39.3 Å². The monoisotopic (exact) mass is 733 g/mol. The van der Waals surface area contributed by atoms with Gasteiger partial charge in [-0.25, -0.2) is 0 Å². The van der Waals surface area contributed by atoms with Gasteiger partial charge in [-0.05, 0) is 38.5 Å². The molecule has 3 nitrogen and oxygen atoms in total. The van der Waals surface area contributed by atoms with Gasteiger partial charge in [0, 0.05) is 39.3 Å². The molecule has 0 bridgehead atoms. The smallest absolute Gasteiger partial charge is 0.411 e. The maximum Gasteiger partial charge on any atom is 3.00 e. The summed E-state index contributed by atoms with van der Waals surface area (Å²) in [4.78, 5) is 6.41. The summed E-state index contributed by atoms with van der Waals surface area (Å²) in [6.07, 6.45) is 14.4. The summed E-state index contributed by atoms with van der Waals surface area (Å²) in [5.74, 6) is 0. The first-order valence-corrected chi connectivity index (χ1v) is 16.5. The summed E-state index contributed by atoms with van der Waals surface area (Å²) in [6.45, 7) is 19.4. The van der Waals surface area contributed by atoms with Crippen molar-refractivity contribution in [2.75, 3.05) is 39.3 Å². The molecule has 0 N–H and O–H groups in total. The van der Waals surface area contributed by atoms with Gasteiger partial charge in [-0.3, -0.25) is 0 Å². The number of unbranched alkanes of at least 4 members (excludes halogenated alkanes) is 6. The Bertz CT molecular complexity index is 431. The third-order valence-electron chi connectivity index (χ3n) is 5.46. The first-order valence-electron chi connectivity index (χ1n) is 14.0. The van der Waals surface area contributed by atoms with Crippen molar-refractivity contribution >= 4 is 112 Å². The van der Waals surface area contributed by atoms with Gasteiger partial charge in [-0.1, -0.05) is 93.0 Å². The zero-order valence-electron chi connectivity index (χ0n) is 24.5. The molecule has 0 aliphatic carbocycles. The van der Waals surface area contributed by atoms with Gasteiger partial charge in [0.2, 0.25) is 0 Å². The molecule has 0 atom stereocenters. The molecule has 0 aromatic rings. The van der Waals surface area contributed by atoms with Crippen LogP contribution in [0.25, 0.3) is 0 Å². The van der Waals surface area contributed by atoms with E-state index >= 15 is 0 Å². The molecule has 0 amide bonds. The molecule has 0 saturated heterocycles. The molecule has 0 unspecified atom stereocenters. The minimum atomic E-state index is 0. The predicted molar refractivity (Wildman–Crippen MR) is 190 cm³/mol. The van der Waals surface area contributed by atoms with Crippen molar-refractivity contribution in [1.29, 1.82) is 0 Å². The number of hydrogen-bond donors (Lipinski definition) is 0. The van der Waals surface area contributed by atoms with E-state index in [-0.39, 0.29) is 24.4 Å². The molecule has 0 aliphatic heterocycles. The molecule has 0 fully saturated rings. The molecule has 10 heteroatoms. The molecule has 0 rings (SSSR count). The van der Waals surface area contributed by atoms with Crippen LogP contribution < -0.4 is 0 Å². The number of hydrogen-bond acceptors (Lipinski definition) is 6. The van der Waals surface area contributed by atoms with Crippen LogP contribution in [0.2, 0.25) is 0 Å². The number of nitrogens with zero attached hydrogens (tertiary/aromatic N) is 3. The molecular formula is C27H54N3S6Sb. The van der Waals surface area contributed by atoms with Crippen LogP contribution in [0, 0.1) is 0 Å². The fraction of sp³-hybridized carbons (Fsp3) is 0.889. The molecule has 0 aliphatic rings. The van der Waals surface area contributed by atoms with E-state index < -0.39 is 0 Å². The van der Waals surface area contributed by atoms with E-state index in [1.165, 1.54) is 77.0 Å². The summed E-state index contributed by atoms with van der Waals surface area (Å²) < 4.78 is 1.91. The average molecular weight is 735 g/mol. The minimum absolute atomic E-state index is 0. The van der Waals surface area contributed by atoms with Gasteiger partial charge in [0.15, 0.2) is 0 Å². The Morgan fingerprint density at radius 1 is 0.405 bits per heavy atom. The van der Waals surface area contributed by atoms with Gasteiger partial charge in [-0.15, -0.1) is 0 Å². The van der Waals surface area contributed by atoms with Crippen molar-refractivity contribution in [2.45, 2.75) is 119 Å². The summed E-state index contributed by atoms with van der Waals surface area (Å²) in [6, 6.07) is 0. The minimum Gasteiger partial charge on any atom is -0.411 e. The van der Waals surface area contributed by atoms with E-state index in [9.17, 15) is 0 Å². The second-order valence-electron chi connectivity index (χ2n) is 8.88. The van der Waals surface area contributed by atoms with Crippen LogP contribution in [0.1, 0.15) is 119 Å². The van der Waals surface area contributed by atoms with Crippen LogP contribution in [0.4, 0.5) is 0 Å². The topological polar surface area (TPSA) is 9.72 Å². The van der Waals surface area contributed by atoms with Crippen molar-refractivity contribution in [3.05, 3.63) is 0 Å². The Morgan fingerprint density at radius 3 is 0.622 bits per heavy atom. The molecule has 0 spiro atoms. The van der Waals surface area contributed by atoms with E-state index in [4.69, 9.17) is 74.5 Å². The SMILES string of the molecule is CCCCN(CCCC)C(=S)[S-].CCCCN(CCCC)C(=S)[S-].CCCCN(CCCC)C(=S)[S-].[Sb+3]. The number of rotatable bonds is 18. The molecular weight excluding hydrogens is 680 g/mol. The summed E-state index contributed by atoms with van der Waals surface area (Å²) in [5.41, 5.74) is 0. The van der Waals surface area contributed by atoms with Crippen LogP contribution in [0.15, 0.2) is 0 Å². The maximum atomic E-state index is 4.98. The van der Waals surface area contributed by atoms with Crippen LogP contribution in [-0.2, 0) is 37.9 Å². The molecule has 2 radical (unpaired) electrons. The Kier molecular flexibility index (Phi) is 42.9. The molecule has 0 aromatic carbocycles. The predicted octanol–water partition coefficient (Wildman–Crippen LogP) is 7.78. The fourth-order valence-corrected chi connectivity index (χ4v) is 4.07. The van der Waals surface area contributed by atoms with Crippen molar-refractivity contribution in [1.82, 2.24) is 14.7 Å². The third-order valence-corrected chi connectivity index (χ3v) is 7.01. The molecule has 218 valence electrons. The Hall–Kier alpha value is 1.15. The first kappa shape index (κ1) is 45.1. The Labute approximate surface area is 282 Å². The fourth-order valence-electron chi connectivity index (χ4n) is 2.98. The quantitative estimate of drug-likeness (QED) is 0.0787. The second kappa shape index (κ2) is 35.2. The van der Waals surface area contributed by atoms with Gasteiger partial charge in [0.25, 0.3) is 0 Å². The van der Waals surface area contributed by atoms with Gasteiger partial charge in [0.1, 0.15) is 0 Å². The van der Waals surface area contributed by atoms with Crippen LogP contribution in [0.5, 0.6) is 0 Å². The normalized spacial score (nSPS) is 9.57. The largest absolute Gasteiger partial charge is 3.00 e. The van der Waals surface area contributed by atoms with Crippen molar-refractivity contribution in [2.24, 2.45) is 0 Å². The van der Waals surface area contributed by atoms with Crippen molar-refractivity contribution in [3.8, 4) is 0 Å². The van der Waals surface area contributed by atoms with E-state index in [2.05, 4.69) is 56.2 Å². The summed E-state index contributed by atoms with van der Waals surface area (Å²) in [5, 5.41) is 0. The summed E-state index contributed by atoms with van der Waals surface area (Å²) in [7, 11) is 0. The average Bonchev–Trinajstić information content (AvgIpc) is 2.84. The Morgan fingerprint density at radius 2 is 0.541 bits per heavy atom. The van der Waals surface area contributed by atoms with Crippen LogP contribution in [-0.4, -0.2) is 91.4 Å². The Balaban J connectivity index is -0.000000218. The van der Waals surface area contributed by atoms with Gasteiger partial charge >= 0.3 is 24.4 Å². The zero-order chi connectivity index (χ0) is 28.2. The molecule has 0 aromatic heterocycles. The van der Waals surface area contributed by atoms with Crippen molar-refractivity contribution in [3.63, 3.8) is 0 Å². The third kappa shape index (κ3) is 33.3. The molecule has 37 heavy (non-hydrogen) atoms. The standard InChI is InChI=1S/3C9H19NS2.Sb/c3*1-3-5-7-10(9(11)12)8-6-4-2;/h3*3-8H2,1-2H3,(H,11,12);/q;;;+3/p-3. The second-order valence-corrected chi connectivity index (χ2v) is 12.0. The van der Waals surface area contributed by atoms with E-state index in [0.29, 0.717) is 13.0 Å². The molecule has 0 heterocycles. The zero-order valence-corrected chi connectivity index (χ0v) is 31.9. The first-order chi connectivity index (χ1) is 17.2. The molecule has 0 saturated carbocycles.